The van der Waals surface area contributed by atoms with Gasteiger partial charge in [-0.3, -0.25) is 0 Å². The van der Waals surface area contributed by atoms with Crippen molar-refractivity contribution in [1.82, 2.24) is 9.97 Å². The van der Waals surface area contributed by atoms with Crippen LogP contribution >= 0.6 is 11.3 Å². The van der Waals surface area contributed by atoms with Crippen molar-refractivity contribution in [2.75, 3.05) is 6.61 Å². The first kappa shape index (κ1) is 16.2. The molecule has 2 heterocycles. The molecule has 7 heteroatoms. The highest BCUT2D eigenvalue weighted by molar-refractivity contribution is 7.18. The van der Waals surface area contributed by atoms with E-state index < -0.39 is 18.2 Å². The molecular formula is C16H18F2N2O2S. The highest BCUT2D eigenvalue weighted by Crippen LogP contribution is 2.39. The molecule has 1 aliphatic rings. The van der Waals surface area contributed by atoms with Gasteiger partial charge in [0.1, 0.15) is 4.83 Å². The van der Waals surface area contributed by atoms with Gasteiger partial charge in [-0.05, 0) is 31.7 Å². The molecule has 4 nitrogen and oxygen atoms in total. The SMILES string of the molecule is CCOC(=O)c1nc(C(F)F)nc2sc(C3CCCCC3)cc12. The van der Waals surface area contributed by atoms with Crippen molar-refractivity contribution in [2.24, 2.45) is 0 Å². The zero-order valence-electron chi connectivity index (χ0n) is 12.8. The number of carbonyl (C=O) groups is 1. The van der Waals surface area contributed by atoms with Crippen LogP contribution in [0.1, 0.15) is 72.6 Å². The van der Waals surface area contributed by atoms with E-state index in [0.717, 1.165) is 17.7 Å². The quantitative estimate of drug-likeness (QED) is 0.746. The summed E-state index contributed by atoms with van der Waals surface area (Å²) in [7, 11) is 0. The van der Waals surface area contributed by atoms with Gasteiger partial charge in [-0.25, -0.2) is 23.5 Å². The maximum atomic E-state index is 13.0. The van der Waals surface area contributed by atoms with E-state index in [1.54, 1.807) is 6.92 Å². The molecule has 0 radical (unpaired) electrons. The van der Waals surface area contributed by atoms with Crippen LogP contribution in [0.3, 0.4) is 0 Å². The molecule has 23 heavy (non-hydrogen) atoms. The van der Waals surface area contributed by atoms with E-state index in [1.807, 2.05) is 6.07 Å². The van der Waals surface area contributed by atoms with E-state index in [0.29, 0.717) is 16.1 Å². The number of nitrogens with zero attached hydrogens (tertiary/aromatic N) is 2. The molecule has 2 aromatic heterocycles. The van der Waals surface area contributed by atoms with Crippen LogP contribution in [-0.4, -0.2) is 22.5 Å². The van der Waals surface area contributed by atoms with Crippen LogP contribution in [0.15, 0.2) is 6.07 Å². The largest absolute Gasteiger partial charge is 0.461 e. The molecule has 0 atom stereocenters. The van der Waals surface area contributed by atoms with Gasteiger partial charge in [0.05, 0.1) is 6.61 Å². The lowest BCUT2D eigenvalue weighted by atomic mass is 9.88. The van der Waals surface area contributed by atoms with Gasteiger partial charge in [0.25, 0.3) is 6.43 Å². The molecule has 0 spiro atoms. The highest BCUT2D eigenvalue weighted by Gasteiger charge is 2.24. The van der Waals surface area contributed by atoms with Crippen LogP contribution in [0.5, 0.6) is 0 Å². The van der Waals surface area contributed by atoms with Crippen molar-refractivity contribution in [1.29, 1.82) is 0 Å². The third kappa shape index (κ3) is 3.34. The standard InChI is InChI=1S/C16H18F2N2O2S/c1-2-22-16(21)12-10-8-11(9-6-4-3-5-7-9)23-15(10)20-14(19-12)13(17)18/h8-9,13H,2-7H2,1H3. The van der Waals surface area contributed by atoms with Gasteiger partial charge in [-0.15, -0.1) is 11.3 Å². The Hall–Kier alpha value is -1.63. The number of carbonyl (C=O) groups excluding carboxylic acids is 1. The molecule has 0 unspecified atom stereocenters. The van der Waals surface area contributed by atoms with Gasteiger partial charge in [0, 0.05) is 10.3 Å². The van der Waals surface area contributed by atoms with Crippen molar-refractivity contribution in [3.63, 3.8) is 0 Å². The molecule has 0 aliphatic heterocycles. The first-order valence-electron chi connectivity index (χ1n) is 7.86. The topological polar surface area (TPSA) is 52.1 Å². The molecule has 1 saturated carbocycles. The second kappa shape index (κ2) is 6.86. The summed E-state index contributed by atoms with van der Waals surface area (Å²) < 4.78 is 31.0. The second-order valence-corrected chi connectivity index (χ2v) is 6.72. The lowest BCUT2D eigenvalue weighted by Gasteiger charge is -2.19. The van der Waals surface area contributed by atoms with Crippen LogP contribution in [0.4, 0.5) is 8.78 Å². The number of aromatic nitrogens is 2. The zero-order valence-corrected chi connectivity index (χ0v) is 13.7. The number of hydrogen-bond donors (Lipinski definition) is 0. The number of alkyl halides is 2. The molecule has 0 bridgehead atoms. The summed E-state index contributed by atoms with van der Waals surface area (Å²) >= 11 is 1.39. The minimum atomic E-state index is -2.81. The molecule has 0 saturated heterocycles. The predicted molar refractivity (Wildman–Crippen MR) is 84.2 cm³/mol. The summed E-state index contributed by atoms with van der Waals surface area (Å²) in [5.41, 5.74) is -0.0505. The summed E-state index contributed by atoms with van der Waals surface area (Å²) in [5, 5.41) is 0.526. The average molecular weight is 340 g/mol. The lowest BCUT2D eigenvalue weighted by molar-refractivity contribution is 0.0520. The lowest BCUT2D eigenvalue weighted by Crippen LogP contribution is -2.10. The third-order valence-electron chi connectivity index (χ3n) is 4.10. The minimum absolute atomic E-state index is 0.0505. The molecular weight excluding hydrogens is 322 g/mol. The molecule has 0 N–H and O–H groups in total. The van der Waals surface area contributed by atoms with Crippen molar-refractivity contribution in [3.8, 4) is 0 Å². The number of thiophene rings is 1. The fraction of sp³-hybridized carbons (Fsp3) is 0.562. The van der Waals surface area contributed by atoms with Gasteiger partial charge in [0.15, 0.2) is 11.5 Å². The van der Waals surface area contributed by atoms with E-state index in [4.69, 9.17) is 4.74 Å². The van der Waals surface area contributed by atoms with E-state index in [1.165, 1.54) is 30.6 Å². The van der Waals surface area contributed by atoms with Crippen molar-refractivity contribution in [3.05, 3.63) is 22.5 Å². The Labute approximate surface area is 136 Å². The summed E-state index contributed by atoms with van der Waals surface area (Å²) in [6.07, 6.45) is 2.97. The number of halogens is 2. The predicted octanol–water partition coefficient (Wildman–Crippen LogP) is 4.85. The van der Waals surface area contributed by atoms with Crippen LogP contribution in [0.25, 0.3) is 10.2 Å². The highest BCUT2D eigenvalue weighted by atomic mass is 32.1. The first-order valence-corrected chi connectivity index (χ1v) is 8.68. The maximum Gasteiger partial charge on any atom is 0.357 e. The molecule has 0 amide bonds. The normalized spacial score (nSPS) is 16.2. The van der Waals surface area contributed by atoms with Gasteiger partial charge >= 0.3 is 5.97 Å². The fourth-order valence-electron chi connectivity index (χ4n) is 3.00. The first-order chi connectivity index (χ1) is 11.1. The molecule has 124 valence electrons. The van der Waals surface area contributed by atoms with Crippen molar-refractivity contribution >= 4 is 27.5 Å². The van der Waals surface area contributed by atoms with E-state index in [-0.39, 0.29) is 12.3 Å². The summed E-state index contributed by atoms with van der Waals surface area (Å²) in [6, 6.07) is 1.89. The Kier molecular flexibility index (Phi) is 4.84. The van der Waals surface area contributed by atoms with E-state index in [2.05, 4.69) is 9.97 Å². The van der Waals surface area contributed by atoms with Crippen LogP contribution in [0.2, 0.25) is 0 Å². The molecule has 3 rings (SSSR count). The summed E-state index contributed by atoms with van der Waals surface area (Å²) in [4.78, 5) is 21.3. The Morgan fingerprint density at radius 2 is 2.09 bits per heavy atom. The van der Waals surface area contributed by atoms with Gasteiger partial charge in [0.2, 0.25) is 0 Å². The molecule has 2 aromatic rings. The monoisotopic (exact) mass is 340 g/mol. The van der Waals surface area contributed by atoms with Crippen LogP contribution in [-0.2, 0) is 4.74 Å². The van der Waals surface area contributed by atoms with Crippen molar-refractivity contribution in [2.45, 2.75) is 51.4 Å². The summed E-state index contributed by atoms with van der Waals surface area (Å²) in [5.74, 6) is -0.861. The van der Waals surface area contributed by atoms with Crippen LogP contribution < -0.4 is 0 Å². The van der Waals surface area contributed by atoms with E-state index >= 15 is 0 Å². The zero-order chi connectivity index (χ0) is 16.4. The minimum Gasteiger partial charge on any atom is -0.461 e. The van der Waals surface area contributed by atoms with Gasteiger partial charge < -0.3 is 4.74 Å². The molecule has 1 aliphatic carbocycles. The Bertz CT molecular complexity index is 711. The smallest absolute Gasteiger partial charge is 0.357 e. The third-order valence-corrected chi connectivity index (χ3v) is 5.29. The van der Waals surface area contributed by atoms with Gasteiger partial charge in [-0.1, -0.05) is 19.3 Å². The van der Waals surface area contributed by atoms with Crippen molar-refractivity contribution < 1.29 is 18.3 Å². The number of ether oxygens (including phenoxy) is 1. The fourth-order valence-corrected chi connectivity index (χ4v) is 4.20. The molecule has 1 fully saturated rings. The van der Waals surface area contributed by atoms with Crippen LogP contribution in [0, 0.1) is 0 Å². The maximum absolute atomic E-state index is 13.0. The molecule has 0 aromatic carbocycles. The van der Waals surface area contributed by atoms with E-state index in [9.17, 15) is 13.6 Å². The second-order valence-electron chi connectivity index (χ2n) is 5.65. The Morgan fingerprint density at radius 1 is 1.35 bits per heavy atom. The number of rotatable bonds is 4. The number of hydrogen-bond acceptors (Lipinski definition) is 5. The number of fused-ring (bicyclic) bond motifs is 1. The Morgan fingerprint density at radius 3 is 2.74 bits per heavy atom. The summed E-state index contributed by atoms with van der Waals surface area (Å²) in [6.45, 7) is 1.85. The average Bonchev–Trinajstić information content (AvgIpc) is 2.99. The number of esters is 1. The Balaban J connectivity index is 2.07. The van der Waals surface area contributed by atoms with Gasteiger partial charge in [-0.2, -0.15) is 0 Å².